The highest BCUT2D eigenvalue weighted by Crippen LogP contribution is 2.47. The van der Waals surface area contributed by atoms with Gasteiger partial charge in [0, 0.05) is 27.6 Å². The molecule has 0 amide bonds. The fourth-order valence-electron chi connectivity index (χ4n) is 6.44. The van der Waals surface area contributed by atoms with Crippen molar-refractivity contribution in [3.63, 3.8) is 0 Å². The lowest BCUT2D eigenvalue weighted by Crippen LogP contribution is -2.01. The number of hydrogen-bond acceptors (Lipinski definition) is 4. The summed E-state index contributed by atoms with van der Waals surface area (Å²) in [6.45, 7) is 0. The molecule has 0 unspecified atom stereocenters. The summed E-state index contributed by atoms with van der Waals surface area (Å²) >= 11 is 0. The monoisotopic (exact) mass is 601 g/mol. The number of nitrogens with zero attached hydrogens (tertiary/aromatic N) is 3. The average Bonchev–Trinajstić information content (AvgIpc) is 3.15. The molecule has 1 aromatic heterocycles. The highest BCUT2D eigenvalue weighted by atomic mass is 16.5. The van der Waals surface area contributed by atoms with Gasteiger partial charge >= 0.3 is 0 Å². The summed E-state index contributed by atoms with van der Waals surface area (Å²) in [4.78, 5) is 15.0. The third-order valence-electron chi connectivity index (χ3n) is 8.75. The molecule has 1 aliphatic heterocycles. The minimum absolute atomic E-state index is 0.627. The maximum absolute atomic E-state index is 6.43. The van der Waals surface area contributed by atoms with Crippen LogP contribution in [-0.2, 0) is 0 Å². The summed E-state index contributed by atoms with van der Waals surface area (Å²) in [5.74, 6) is 3.66. The first-order valence-electron chi connectivity index (χ1n) is 15.7. The Hall–Kier alpha value is -6.39. The van der Waals surface area contributed by atoms with E-state index in [1.807, 2.05) is 54.6 Å². The van der Waals surface area contributed by atoms with E-state index in [2.05, 4.69) is 109 Å². The van der Waals surface area contributed by atoms with Gasteiger partial charge < -0.3 is 4.74 Å². The molecule has 4 heteroatoms. The van der Waals surface area contributed by atoms with Gasteiger partial charge in [-0.05, 0) is 51.4 Å². The highest BCUT2D eigenvalue weighted by Gasteiger charge is 2.20. The Balaban J connectivity index is 1.11. The molecular formula is C43H27N3O. The molecule has 0 fully saturated rings. The predicted molar refractivity (Wildman–Crippen MR) is 190 cm³/mol. The summed E-state index contributed by atoms with van der Waals surface area (Å²) in [5.41, 5.74) is 9.50. The molecule has 7 aromatic carbocycles. The number of ether oxygens (including phenoxy) is 1. The van der Waals surface area contributed by atoms with Crippen LogP contribution in [0.4, 0.5) is 0 Å². The van der Waals surface area contributed by atoms with Crippen molar-refractivity contribution >= 4 is 10.8 Å². The second-order valence-electron chi connectivity index (χ2n) is 11.6. The second-order valence-corrected chi connectivity index (χ2v) is 11.6. The molecule has 0 radical (unpaired) electrons. The summed E-state index contributed by atoms with van der Waals surface area (Å²) in [5, 5.41) is 2.35. The Bertz CT molecular complexity index is 2420. The van der Waals surface area contributed by atoms with E-state index in [1.165, 1.54) is 10.9 Å². The molecule has 0 N–H and O–H groups in total. The van der Waals surface area contributed by atoms with Crippen LogP contribution in [0.2, 0.25) is 0 Å². The Morgan fingerprint density at radius 3 is 1.62 bits per heavy atom. The number of aromatic nitrogens is 3. The normalized spacial score (nSPS) is 11.6. The van der Waals surface area contributed by atoms with Crippen LogP contribution in [0, 0.1) is 0 Å². The fourth-order valence-corrected chi connectivity index (χ4v) is 6.44. The van der Waals surface area contributed by atoms with Gasteiger partial charge in [-0.2, -0.15) is 0 Å². The maximum Gasteiger partial charge on any atom is 0.164 e. The van der Waals surface area contributed by atoms with Gasteiger partial charge in [0.15, 0.2) is 17.5 Å². The van der Waals surface area contributed by atoms with Crippen LogP contribution in [0.3, 0.4) is 0 Å². The van der Waals surface area contributed by atoms with E-state index in [0.717, 1.165) is 61.4 Å². The SMILES string of the molecule is c1ccc(-c2nc(-c3ccc(-c4ccc5c(c4)Oc4cccc6cccc-5c46)cc3)nc(-c3ccccc3-c3ccccc3)n2)cc1. The standard InChI is InChI=1S/C43H27N3O/c1-3-11-29(12-4-1)34-17-7-8-18-37(34)43-45-41(31-13-5-2-6-14-31)44-42(46-43)32-23-21-28(22-24-32)33-25-26-35-36-19-9-15-30-16-10-20-38(40(30)36)47-39(35)27-33/h1-27H. The van der Waals surface area contributed by atoms with Crippen LogP contribution in [0.25, 0.3) is 78.3 Å². The summed E-state index contributed by atoms with van der Waals surface area (Å²) in [6, 6.07) is 56.2. The van der Waals surface area contributed by atoms with E-state index in [0.29, 0.717) is 17.5 Å². The van der Waals surface area contributed by atoms with E-state index in [-0.39, 0.29) is 0 Å². The average molecular weight is 602 g/mol. The maximum atomic E-state index is 6.43. The van der Waals surface area contributed by atoms with Crippen LogP contribution in [-0.4, -0.2) is 15.0 Å². The van der Waals surface area contributed by atoms with Gasteiger partial charge in [-0.15, -0.1) is 0 Å². The molecule has 0 saturated heterocycles. The van der Waals surface area contributed by atoms with Crippen LogP contribution < -0.4 is 4.74 Å². The molecule has 0 bridgehead atoms. The van der Waals surface area contributed by atoms with E-state index >= 15 is 0 Å². The van der Waals surface area contributed by atoms with Crippen molar-refractivity contribution in [1.82, 2.24) is 15.0 Å². The fraction of sp³-hybridized carbons (Fsp3) is 0. The molecule has 0 aliphatic carbocycles. The summed E-state index contributed by atoms with van der Waals surface area (Å²) in [7, 11) is 0. The molecule has 2 heterocycles. The minimum atomic E-state index is 0.627. The Morgan fingerprint density at radius 2 is 0.872 bits per heavy atom. The molecule has 4 nitrogen and oxygen atoms in total. The smallest absolute Gasteiger partial charge is 0.164 e. The Kier molecular flexibility index (Phi) is 6.43. The number of fused-ring (bicyclic) bond motifs is 2. The van der Waals surface area contributed by atoms with Crippen molar-refractivity contribution < 1.29 is 4.74 Å². The van der Waals surface area contributed by atoms with Crippen molar-refractivity contribution in [1.29, 1.82) is 0 Å². The van der Waals surface area contributed by atoms with Crippen molar-refractivity contribution in [3.05, 3.63) is 164 Å². The molecule has 1 aliphatic rings. The molecule has 8 aromatic rings. The summed E-state index contributed by atoms with van der Waals surface area (Å²) < 4.78 is 6.43. The summed E-state index contributed by atoms with van der Waals surface area (Å²) in [6.07, 6.45) is 0. The zero-order valence-corrected chi connectivity index (χ0v) is 25.3. The van der Waals surface area contributed by atoms with Crippen LogP contribution in [0.5, 0.6) is 11.5 Å². The quantitative estimate of drug-likeness (QED) is 0.197. The molecule has 9 rings (SSSR count). The number of benzene rings is 7. The predicted octanol–water partition coefficient (Wildman–Crippen LogP) is 11.1. The van der Waals surface area contributed by atoms with E-state index < -0.39 is 0 Å². The molecule has 0 spiro atoms. The van der Waals surface area contributed by atoms with Crippen molar-refractivity contribution in [2.45, 2.75) is 0 Å². The van der Waals surface area contributed by atoms with Gasteiger partial charge in [-0.25, -0.2) is 15.0 Å². The number of hydrogen-bond donors (Lipinski definition) is 0. The highest BCUT2D eigenvalue weighted by molar-refractivity contribution is 6.04. The third-order valence-corrected chi connectivity index (χ3v) is 8.75. The first kappa shape index (κ1) is 27.0. The lowest BCUT2D eigenvalue weighted by molar-refractivity contribution is 0.487. The first-order valence-corrected chi connectivity index (χ1v) is 15.7. The lowest BCUT2D eigenvalue weighted by atomic mass is 9.93. The van der Waals surface area contributed by atoms with Gasteiger partial charge in [0.25, 0.3) is 0 Å². The lowest BCUT2D eigenvalue weighted by Gasteiger charge is -2.22. The van der Waals surface area contributed by atoms with Gasteiger partial charge in [0.2, 0.25) is 0 Å². The second kappa shape index (κ2) is 11.2. The third kappa shape index (κ3) is 4.84. The van der Waals surface area contributed by atoms with E-state index in [4.69, 9.17) is 19.7 Å². The largest absolute Gasteiger partial charge is 0.456 e. The van der Waals surface area contributed by atoms with Gasteiger partial charge in [-0.3, -0.25) is 0 Å². The Labute approximate surface area is 272 Å². The minimum Gasteiger partial charge on any atom is -0.456 e. The topological polar surface area (TPSA) is 47.9 Å². The molecule has 47 heavy (non-hydrogen) atoms. The molecule has 0 saturated carbocycles. The molecular weight excluding hydrogens is 574 g/mol. The zero-order valence-electron chi connectivity index (χ0n) is 25.3. The van der Waals surface area contributed by atoms with Gasteiger partial charge in [0.05, 0.1) is 0 Å². The number of rotatable bonds is 5. The van der Waals surface area contributed by atoms with E-state index in [9.17, 15) is 0 Å². The van der Waals surface area contributed by atoms with Crippen molar-refractivity contribution in [2.75, 3.05) is 0 Å². The van der Waals surface area contributed by atoms with Crippen molar-refractivity contribution in [3.8, 4) is 79.0 Å². The molecule has 220 valence electrons. The molecule has 0 atom stereocenters. The Morgan fingerprint density at radius 1 is 0.319 bits per heavy atom. The zero-order chi connectivity index (χ0) is 31.2. The van der Waals surface area contributed by atoms with Crippen LogP contribution >= 0.6 is 0 Å². The van der Waals surface area contributed by atoms with Gasteiger partial charge in [0.1, 0.15) is 11.5 Å². The van der Waals surface area contributed by atoms with Crippen LogP contribution in [0.15, 0.2) is 164 Å². The van der Waals surface area contributed by atoms with Crippen LogP contribution in [0.1, 0.15) is 0 Å². The first-order chi connectivity index (χ1) is 23.3. The van der Waals surface area contributed by atoms with Crippen molar-refractivity contribution in [2.24, 2.45) is 0 Å². The van der Waals surface area contributed by atoms with Gasteiger partial charge in [-0.1, -0.05) is 146 Å². The van der Waals surface area contributed by atoms with E-state index in [1.54, 1.807) is 0 Å².